The van der Waals surface area contributed by atoms with Crippen molar-refractivity contribution in [2.45, 2.75) is 20.3 Å². The normalized spacial score (nSPS) is 11.2. The fourth-order valence-electron chi connectivity index (χ4n) is 1.47. The molecule has 0 bridgehead atoms. The number of ether oxygens (including phenoxy) is 1. The van der Waals surface area contributed by atoms with Crippen molar-refractivity contribution in [1.82, 2.24) is 5.32 Å². The molecule has 1 heterocycles. The van der Waals surface area contributed by atoms with E-state index in [0.717, 1.165) is 17.4 Å². The van der Waals surface area contributed by atoms with Crippen LogP contribution in [0, 0.1) is 5.92 Å². The molecule has 5 nitrogen and oxygen atoms in total. The number of carboxylic acid groups (broad SMARTS) is 1. The van der Waals surface area contributed by atoms with E-state index in [1.54, 1.807) is 11.4 Å². The van der Waals surface area contributed by atoms with Gasteiger partial charge in [0.15, 0.2) is 0 Å². The summed E-state index contributed by atoms with van der Waals surface area (Å²) < 4.78 is 5.41. The third-order valence-corrected chi connectivity index (χ3v) is 3.54. The minimum absolute atomic E-state index is 0.173. The molecular formula is C15H21NO4S. The molecule has 0 spiro atoms. The molecule has 1 rings (SSSR count). The zero-order valence-corrected chi connectivity index (χ0v) is 13.1. The Bertz CT molecular complexity index is 494. The standard InChI is InChI=1S/C15H21NO4S/c1-11(2)5-7-20-8-6-16-15(19)12-9-13(21-10-12)3-4-14(17)18/h3-4,9-11H,5-8H2,1-2H3,(H,16,19)(H,17,18). The maximum Gasteiger partial charge on any atom is 0.328 e. The van der Waals surface area contributed by atoms with Crippen LogP contribution in [0.2, 0.25) is 0 Å². The van der Waals surface area contributed by atoms with Gasteiger partial charge in [-0.3, -0.25) is 4.79 Å². The highest BCUT2D eigenvalue weighted by Gasteiger charge is 2.07. The Morgan fingerprint density at radius 3 is 2.86 bits per heavy atom. The Labute approximate surface area is 128 Å². The highest BCUT2D eigenvalue weighted by molar-refractivity contribution is 7.11. The Balaban J connectivity index is 2.28. The number of rotatable bonds is 9. The Morgan fingerprint density at radius 1 is 1.43 bits per heavy atom. The highest BCUT2D eigenvalue weighted by atomic mass is 32.1. The van der Waals surface area contributed by atoms with E-state index in [9.17, 15) is 9.59 Å². The van der Waals surface area contributed by atoms with Crippen LogP contribution in [0.5, 0.6) is 0 Å². The predicted molar refractivity (Wildman–Crippen MR) is 83.6 cm³/mol. The molecule has 0 radical (unpaired) electrons. The SMILES string of the molecule is CC(C)CCOCCNC(=O)c1csc(C=CC(=O)O)c1. The number of amides is 1. The molecular weight excluding hydrogens is 290 g/mol. The van der Waals surface area contributed by atoms with Crippen molar-refractivity contribution in [3.63, 3.8) is 0 Å². The van der Waals surface area contributed by atoms with Crippen LogP contribution in [0.15, 0.2) is 17.5 Å². The van der Waals surface area contributed by atoms with Crippen LogP contribution in [0.25, 0.3) is 6.08 Å². The second kappa shape index (κ2) is 9.31. The first-order valence-corrected chi connectivity index (χ1v) is 7.72. The average Bonchev–Trinajstić information content (AvgIpc) is 2.88. The summed E-state index contributed by atoms with van der Waals surface area (Å²) in [4.78, 5) is 23.0. The van der Waals surface area contributed by atoms with E-state index in [-0.39, 0.29) is 5.91 Å². The van der Waals surface area contributed by atoms with E-state index in [2.05, 4.69) is 19.2 Å². The summed E-state index contributed by atoms with van der Waals surface area (Å²) in [6, 6.07) is 1.67. The number of nitrogens with one attached hydrogen (secondary N) is 1. The van der Waals surface area contributed by atoms with Crippen molar-refractivity contribution in [2.24, 2.45) is 5.92 Å². The van der Waals surface area contributed by atoms with Gasteiger partial charge in [0.1, 0.15) is 0 Å². The number of carbonyl (C=O) groups is 2. The summed E-state index contributed by atoms with van der Waals surface area (Å²) in [6.45, 7) is 5.94. The Hall–Kier alpha value is -1.66. The zero-order valence-electron chi connectivity index (χ0n) is 12.3. The fraction of sp³-hybridized carbons (Fsp3) is 0.467. The minimum Gasteiger partial charge on any atom is -0.478 e. The first-order valence-electron chi connectivity index (χ1n) is 6.84. The molecule has 0 aliphatic carbocycles. The lowest BCUT2D eigenvalue weighted by atomic mass is 10.1. The molecule has 1 aromatic heterocycles. The molecule has 0 aromatic carbocycles. The largest absolute Gasteiger partial charge is 0.478 e. The van der Waals surface area contributed by atoms with E-state index >= 15 is 0 Å². The maximum atomic E-state index is 11.8. The molecule has 1 aromatic rings. The number of hydrogen-bond acceptors (Lipinski definition) is 4. The average molecular weight is 311 g/mol. The molecule has 1 amide bonds. The van der Waals surface area contributed by atoms with Crippen LogP contribution < -0.4 is 5.32 Å². The zero-order chi connectivity index (χ0) is 15.7. The van der Waals surface area contributed by atoms with Gasteiger partial charge in [-0.05, 0) is 24.5 Å². The maximum absolute atomic E-state index is 11.8. The minimum atomic E-state index is -1.01. The van der Waals surface area contributed by atoms with E-state index in [4.69, 9.17) is 9.84 Å². The molecule has 0 aliphatic heterocycles. The molecule has 0 aliphatic rings. The highest BCUT2D eigenvalue weighted by Crippen LogP contribution is 2.16. The molecule has 21 heavy (non-hydrogen) atoms. The van der Waals surface area contributed by atoms with Gasteiger partial charge in [-0.25, -0.2) is 4.79 Å². The van der Waals surface area contributed by atoms with Crippen LogP contribution in [0.3, 0.4) is 0 Å². The van der Waals surface area contributed by atoms with Crippen LogP contribution in [0.1, 0.15) is 35.5 Å². The number of aliphatic carboxylic acids is 1. The second-order valence-electron chi connectivity index (χ2n) is 4.96. The summed E-state index contributed by atoms with van der Waals surface area (Å²) >= 11 is 1.33. The molecule has 2 N–H and O–H groups in total. The Kier molecular flexibility index (Phi) is 7.71. The number of hydrogen-bond donors (Lipinski definition) is 2. The van der Waals surface area contributed by atoms with Crippen molar-refractivity contribution < 1.29 is 19.4 Å². The second-order valence-corrected chi connectivity index (χ2v) is 5.90. The quantitative estimate of drug-likeness (QED) is 0.543. The molecule has 0 atom stereocenters. The van der Waals surface area contributed by atoms with Crippen molar-refractivity contribution in [1.29, 1.82) is 0 Å². The summed E-state index contributed by atoms with van der Waals surface area (Å²) in [5, 5.41) is 13.0. The van der Waals surface area contributed by atoms with Crippen LogP contribution in [-0.4, -0.2) is 36.7 Å². The van der Waals surface area contributed by atoms with Gasteiger partial charge in [0.25, 0.3) is 5.91 Å². The summed E-state index contributed by atoms with van der Waals surface area (Å²) in [5.74, 6) is -0.565. The molecule has 0 saturated heterocycles. The van der Waals surface area contributed by atoms with E-state index in [1.807, 2.05) is 0 Å². The van der Waals surface area contributed by atoms with Gasteiger partial charge in [0.05, 0.1) is 12.2 Å². The smallest absolute Gasteiger partial charge is 0.328 e. The molecule has 6 heteroatoms. The van der Waals surface area contributed by atoms with Crippen LogP contribution in [-0.2, 0) is 9.53 Å². The lowest BCUT2D eigenvalue weighted by Crippen LogP contribution is -2.27. The van der Waals surface area contributed by atoms with Gasteiger partial charge >= 0.3 is 5.97 Å². The summed E-state index contributed by atoms with van der Waals surface area (Å²) in [7, 11) is 0. The molecule has 0 saturated carbocycles. The van der Waals surface area contributed by atoms with Gasteiger partial charge < -0.3 is 15.2 Å². The monoisotopic (exact) mass is 311 g/mol. The number of thiophene rings is 1. The topological polar surface area (TPSA) is 75.6 Å². The first kappa shape index (κ1) is 17.4. The third-order valence-electron chi connectivity index (χ3n) is 2.64. The van der Waals surface area contributed by atoms with Gasteiger partial charge in [0, 0.05) is 29.5 Å². The summed E-state index contributed by atoms with van der Waals surface area (Å²) in [6.07, 6.45) is 3.53. The van der Waals surface area contributed by atoms with E-state index in [0.29, 0.717) is 31.2 Å². The number of carboxylic acids is 1. The molecule has 0 unspecified atom stereocenters. The van der Waals surface area contributed by atoms with Crippen LogP contribution in [0.4, 0.5) is 0 Å². The lowest BCUT2D eigenvalue weighted by molar-refractivity contribution is -0.131. The first-order chi connectivity index (χ1) is 9.99. The van der Waals surface area contributed by atoms with E-state index in [1.165, 1.54) is 17.4 Å². The fourth-order valence-corrected chi connectivity index (χ4v) is 2.25. The van der Waals surface area contributed by atoms with Gasteiger partial charge in [0.2, 0.25) is 0 Å². The van der Waals surface area contributed by atoms with Gasteiger partial charge in [-0.1, -0.05) is 13.8 Å². The van der Waals surface area contributed by atoms with Crippen molar-refractivity contribution >= 4 is 29.3 Å². The van der Waals surface area contributed by atoms with Crippen molar-refractivity contribution in [3.8, 4) is 0 Å². The lowest BCUT2D eigenvalue weighted by Gasteiger charge is -2.07. The third kappa shape index (κ3) is 7.63. The van der Waals surface area contributed by atoms with Crippen LogP contribution >= 0.6 is 11.3 Å². The Morgan fingerprint density at radius 2 is 2.19 bits per heavy atom. The molecule has 0 fully saturated rings. The van der Waals surface area contributed by atoms with Gasteiger partial charge in [-0.2, -0.15) is 0 Å². The van der Waals surface area contributed by atoms with E-state index < -0.39 is 5.97 Å². The predicted octanol–water partition coefficient (Wildman–Crippen LogP) is 2.64. The summed E-state index contributed by atoms with van der Waals surface area (Å²) in [5.41, 5.74) is 0.534. The van der Waals surface area contributed by atoms with Crippen molar-refractivity contribution in [2.75, 3.05) is 19.8 Å². The molecule has 116 valence electrons. The van der Waals surface area contributed by atoms with Crippen molar-refractivity contribution in [3.05, 3.63) is 28.0 Å². The number of carbonyl (C=O) groups excluding carboxylic acids is 1. The van der Waals surface area contributed by atoms with Gasteiger partial charge in [-0.15, -0.1) is 11.3 Å².